The molecule has 1 atom stereocenters. The van der Waals surface area contributed by atoms with Gasteiger partial charge in [0.2, 0.25) is 5.79 Å². The van der Waals surface area contributed by atoms with E-state index < -0.39 is 17.9 Å². The fourth-order valence-corrected chi connectivity index (χ4v) is 2.93. The maximum atomic E-state index is 11.8. The van der Waals surface area contributed by atoms with Gasteiger partial charge >= 0.3 is 6.09 Å². The number of methoxy groups -OCH3 is 3. The Kier molecular flexibility index (Phi) is 6.22. The van der Waals surface area contributed by atoms with Crippen molar-refractivity contribution in [3.63, 3.8) is 0 Å². The smallest absolute Gasteiger partial charge is 0.407 e. The zero-order valence-corrected chi connectivity index (χ0v) is 15.3. The van der Waals surface area contributed by atoms with Crippen LogP contribution in [0.3, 0.4) is 0 Å². The van der Waals surface area contributed by atoms with Crippen LogP contribution in [-0.2, 0) is 20.0 Å². The van der Waals surface area contributed by atoms with Gasteiger partial charge in [0.25, 0.3) is 0 Å². The summed E-state index contributed by atoms with van der Waals surface area (Å²) in [6.45, 7) is 3.85. The number of hydrogen-bond donors (Lipinski definition) is 1. The van der Waals surface area contributed by atoms with Crippen LogP contribution >= 0.6 is 0 Å². The van der Waals surface area contributed by atoms with Crippen LogP contribution in [0.1, 0.15) is 19.4 Å². The standard InChI is InChI=1S/C19H25NO5/c1-6-25-18(21)20-13(2)19(23-4,24-5)16-9-7-15-12-17(22-3)10-8-14(15)11-16/h7-13H,6H2,1-5H3,(H,20,21). The number of alkyl carbamates (subject to hydrolysis) is 1. The molecule has 136 valence electrons. The molecule has 0 heterocycles. The summed E-state index contributed by atoms with van der Waals surface area (Å²) >= 11 is 0. The van der Waals surface area contributed by atoms with Gasteiger partial charge in [-0.05, 0) is 42.8 Å². The molecule has 25 heavy (non-hydrogen) atoms. The molecule has 0 aliphatic carbocycles. The van der Waals surface area contributed by atoms with Gasteiger partial charge in [-0.2, -0.15) is 0 Å². The molecule has 6 heteroatoms. The molecule has 2 rings (SSSR count). The Hall–Kier alpha value is -2.31. The number of ether oxygens (including phenoxy) is 4. The Bertz CT molecular complexity index is 727. The molecule has 6 nitrogen and oxygen atoms in total. The number of hydrogen-bond acceptors (Lipinski definition) is 5. The van der Waals surface area contributed by atoms with Crippen LogP contribution in [0.25, 0.3) is 10.8 Å². The second kappa shape index (κ2) is 8.18. The van der Waals surface area contributed by atoms with Crippen molar-refractivity contribution in [1.29, 1.82) is 0 Å². The SMILES string of the molecule is CCOC(=O)NC(C)C(OC)(OC)c1ccc2cc(OC)ccc2c1. The zero-order valence-electron chi connectivity index (χ0n) is 15.3. The molecule has 0 saturated carbocycles. The molecule has 2 aromatic rings. The van der Waals surface area contributed by atoms with Crippen LogP contribution in [-0.4, -0.2) is 40.1 Å². The van der Waals surface area contributed by atoms with Crippen LogP contribution in [0.2, 0.25) is 0 Å². The van der Waals surface area contributed by atoms with E-state index in [4.69, 9.17) is 18.9 Å². The third-order valence-corrected chi connectivity index (χ3v) is 4.24. The summed E-state index contributed by atoms with van der Waals surface area (Å²) in [5.41, 5.74) is 0.791. The topological polar surface area (TPSA) is 66.0 Å². The number of amides is 1. The monoisotopic (exact) mass is 347 g/mol. The third-order valence-electron chi connectivity index (χ3n) is 4.24. The first-order valence-electron chi connectivity index (χ1n) is 8.12. The minimum atomic E-state index is -1.14. The quantitative estimate of drug-likeness (QED) is 0.777. The maximum Gasteiger partial charge on any atom is 0.407 e. The van der Waals surface area contributed by atoms with Gasteiger partial charge in [0.15, 0.2) is 0 Å². The zero-order chi connectivity index (χ0) is 18.4. The van der Waals surface area contributed by atoms with Gasteiger partial charge in [-0.15, -0.1) is 0 Å². The highest BCUT2D eigenvalue weighted by atomic mass is 16.7. The predicted molar refractivity (Wildman–Crippen MR) is 95.8 cm³/mol. The lowest BCUT2D eigenvalue weighted by atomic mass is 9.95. The largest absolute Gasteiger partial charge is 0.497 e. The number of benzene rings is 2. The molecule has 0 bridgehead atoms. The second-order valence-electron chi connectivity index (χ2n) is 5.59. The summed E-state index contributed by atoms with van der Waals surface area (Å²) in [6.07, 6.45) is -0.515. The van der Waals surface area contributed by atoms with Gasteiger partial charge in [0.1, 0.15) is 5.75 Å². The van der Waals surface area contributed by atoms with Crippen molar-refractivity contribution in [3.8, 4) is 5.75 Å². The van der Waals surface area contributed by atoms with Crippen LogP contribution in [0, 0.1) is 0 Å². The van der Waals surface area contributed by atoms with Gasteiger partial charge in [0, 0.05) is 19.8 Å². The van der Waals surface area contributed by atoms with E-state index >= 15 is 0 Å². The molecule has 0 fully saturated rings. The lowest BCUT2D eigenvalue weighted by Gasteiger charge is -2.37. The average molecular weight is 347 g/mol. The first-order valence-corrected chi connectivity index (χ1v) is 8.12. The van der Waals surface area contributed by atoms with Gasteiger partial charge in [0.05, 0.1) is 19.8 Å². The summed E-state index contributed by atoms with van der Waals surface area (Å²) in [4.78, 5) is 11.8. The van der Waals surface area contributed by atoms with Crippen molar-refractivity contribution in [2.24, 2.45) is 0 Å². The first kappa shape index (κ1) is 19.0. The maximum absolute atomic E-state index is 11.8. The second-order valence-corrected chi connectivity index (χ2v) is 5.59. The molecule has 1 unspecified atom stereocenters. The van der Waals surface area contributed by atoms with E-state index in [0.29, 0.717) is 6.61 Å². The minimum absolute atomic E-state index is 0.295. The molecule has 0 aliphatic rings. The Morgan fingerprint density at radius 2 is 1.72 bits per heavy atom. The normalized spacial score (nSPS) is 12.7. The Balaban J connectivity index is 2.41. The van der Waals surface area contributed by atoms with Crippen LogP contribution in [0.4, 0.5) is 4.79 Å². The molecular formula is C19H25NO5. The lowest BCUT2D eigenvalue weighted by molar-refractivity contribution is -0.230. The number of rotatable bonds is 7. The number of nitrogens with one attached hydrogen (secondary N) is 1. The van der Waals surface area contributed by atoms with Crippen LogP contribution in [0.5, 0.6) is 5.75 Å². The summed E-state index contributed by atoms with van der Waals surface area (Å²) < 4.78 is 21.6. The number of carbonyl (C=O) groups is 1. The van der Waals surface area contributed by atoms with E-state index in [1.54, 1.807) is 28.3 Å². The fourth-order valence-electron chi connectivity index (χ4n) is 2.93. The van der Waals surface area contributed by atoms with Gasteiger partial charge < -0.3 is 24.3 Å². The van der Waals surface area contributed by atoms with Crippen molar-refractivity contribution in [3.05, 3.63) is 42.0 Å². The first-order chi connectivity index (χ1) is 12.0. The highest BCUT2D eigenvalue weighted by molar-refractivity contribution is 5.84. The third kappa shape index (κ3) is 3.86. The highest BCUT2D eigenvalue weighted by Crippen LogP contribution is 2.33. The van der Waals surface area contributed by atoms with E-state index in [1.807, 2.05) is 43.3 Å². The summed E-state index contributed by atoms with van der Waals surface area (Å²) in [5.74, 6) is -0.344. The molecule has 0 saturated heterocycles. The van der Waals surface area contributed by atoms with E-state index in [0.717, 1.165) is 22.1 Å². The van der Waals surface area contributed by atoms with E-state index in [-0.39, 0.29) is 0 Å². The number of carbonyl (C=O) groups excluding carboxylic acids is 1. The molecule has 1 N–H and O–H groups in total. The lowest BCUT2D eigenvalue weighted by Crippen LogP contribution is -2.51. The van der Waals surface area contributed by atoms with Gasteiger partial charge in [-0.1, -0.05) is 18.2 Å². The summed E-state index contributed by atoms with van der Waals surface area (Å²) in [5, 5.41) is 4.81. The Morgan fingerprint density at radius 3 is 2.32 bits per heavy atom. The van der Waals surface area contributed by atoms with Crippen molar-refractivity contribution in [1.82, 2.24) is 5.32 Å². The molecule has 1 amide bonds. The fraction of sp³-hybridized carbons (Fsp3) is 0.421. The van der Waals surface area contributed by atoms with Gasteiger partial charge in [-0.25, -0.2) is 4.79 Å². The number of fused-ring (bicyclic) bond motifs is 1. The van der Waals surface area contributed by atoms with Crippen LogP contribution < -0.4 is 10.1 Å². The molecular weight excluding hydrogens is 322 g/mol. The molecule has 0 radical (unpaired) electrons. The van der Waals surface area contributed by atoms with E-state index in [9.17, 15) is 4.79 Å². The Morgan fingerprint density at radius 1 is 1.08 bits per heavy atom. The Labute approximate surface area is 148 Å². The van der Waals surface area contributed by atoms with E-state index in [2.05, 4.69) is 5.32 Å². The van der Waals surface area contributed by atoms with Crippen molar-refractivity contribution in [2.75, 3.05) is 27.9 Å². The van der Waals surface area contributed by atoms with Gasteiger partial charge in [-0.3, -0.25) is 0 Å². The summed E-state index contributed by atoms with van der Waals surface area (Å²) in [7, 11) is 4.73. The van der Waals surface area contributed by atoms with Crippen molar-refractivity contribution in [2.45, 2.75) is 25.7 Å². The predicted octanol–water partition coefficient (Wildman–Crippen LogP) is 3.43. The molecule has 2 aromatic carbocycles. The average Bonchev–Trinajstić information content (AvgIpc) is 2.62. The molecule has 0 spiro atoms. The molecule has 0 aromatic heterocycles. The van der Waals surface area contributed by atoms with Crippen molar-refractivity contribution < 1.29 is 23.7 Å². The van der Waals surface area contributed by atoms with Crippen molar-refractivity contribution >= 4 is 16.9 Å². The minimum Gasteiger partial charge on any atom is -0.497 e. The summed E-state index contributed by atoms with van der Waals surface area (Å²) in [6, 6.07) is 11.2. The molecule has 0 aliphatic heterocycles. The van der Waals surface area contributed by atoms with E-state index in [1.165, 1.54) is 0 Å². The van der Waals surface area contributed by atoms with Crippen LogP contribution in [0.15, 0.2) is 36.4 Å². The highest BCUT2D eigenvalue weighted by Gasteiger charge is 2.40.